The Hall–Kier alpha value is -11.8. The number of carbonyl (C=O) groups is 4. The molecule has 0 bridgehead atoms. The quantitative estimate of drug-likeness (QED) is 0.0284. The van der Waals surface area contributed by atoms with Gasteiger partial charge < -0.3 is 56.5 Å². The molecule has 1 aromatic carbocycles. The minimum Gasteiger partial charge on any atom is -0.481 e. The van der Waals surface area contributed by atoms with Gasteiger partial charge in [-0.1, -0.05) is 96.7 Å². The number of carboxylic acids is 1. The van der Waals surface area contributed by atoms with Gasteiger partial charge >= 0.3 is 17.9 Å². The van der Waals surface area contributed by atoms with Crippen LogP contribution in [-0.4, -0.2) is 154 Å². The maximum absolute atomic E-state index is 14.9. The second-order valence-corrected chi connectivity index (χ2v) is 36.2. The van der Waals surface area contributed by atoms with Crippen LogP contribution in [0.25, 0.3) is 89.7 Å². The van der Waals surface area contributed by atoms with Gasteiger partial charge in [-0.2, -0.15) is 0 Å². The Balaban J connectivity index is 0.000000136. The van der Waals surface area contributed by atoms with Crippen molar-refractivity contribution in [2.45, 2.75) is 166 Å². The van der Waals surface area contributed by atoms with E-state index in [2.05, 4.69) is 96.0 Å². The number of pyridine rings is 4. The molecule has 4 aliphatic carbocycles. The van der Waals surface area contributed by atoms with Crippen molar-refractivity contribution in [2.75, 3.05) is 35.5 Å². The van der Waals surface area contributed by atoms with Gasteiger partial charge in [0.25, 0.3) is 10.0 Å². The molecule has 39 heteroatoms. The minimum absolute atomic E-state index is 0.0450. The van der Waals surface area contributed by atoms with E-state index in [-0.39, 0.29) is 81.7 Å². The summed E-state index contributed by atoms with van der Waals surface area (Å²) in [4.78, 5) is 108. The van der Waals surface area contributed by atoms with Crippen LogP contribution in [-0.2, 0) is 38.7 Å². The number of aliphatic carboxylic acids is 1. The van der Waals surface area contributed by atoms with Crippen LogP contribution in [0.15, 0.2) is 128 Å². The van der Waals surface area contributed by atoms with Crippen molar-refractivity contribution < 1.29 is 59.7 Å². The Morgan fingerprint density at radius 2 is 0.782 bits per heavy atom. The highest BCUT2D eigenvalue weighted by Crippen LogP contribution is 2.44. The normalized spacial score (nSPS) is 21.4. The smallest absolute Gasteiger partial charge is 0.311 e. The van der Waals surface area contributed by atoms with Gasteiger partial charge in [0.2, 0.25) is 5.91 Å². The number of amides is 1. The first-order chi connectivity index (χ1) is 59.1. The fourth-order valence-electron chi connectivity index (χ4n) is 16.6. The lowest BCUT2D eigenvalue weighted by molar-refractivity contribution is -0.154. The zero-order valence-electron chi connectivity index (χ0n) is 68.2. The number of aromatic nitrogens is 16. The number of anilines is 4. The number of primary amides is 1. The predicted molar refractivity (Wildman–Crippen MR) is 463 cm³/mol. The lowest BCUT2D eigenvalue weighted by Gasteiger charge is -2.36. The van der Waals surface area contributed by atoms with Crippen LogP contribution in [0, 0.1) is 51.9 Å². The molecule has 12 aromatic heterocycles. The number of hydrogen-bond donors (Lipinski definition) is 9. The minimum atomic E-state index is -4.02. The molecule has 8 atom stereocenters. The summed E-state index contributed by atoms with van der Waals surface area (Å²) in [5.74, 6) is -2.67. The Morgan fingerprint density at radius 3 is 1.13 bits per heavy atom. The number of rotatable bonds is 18. The second kappa shape index (κ2) is 36.6. The Kier molecular flexibility index (Phi) is 26.1. The van der Waals surface area contributed by atoms with E-state index in [0.29, 0.717) is 121 Å². The number of fused-ring (bicyclic) bond motifs is 4. The third-order valence-electron chi connectivity index (χ3n) is 23.3. The third-order valence-corrected chi connectivity index (χ3v) is 25.8. The fourth-order valence-corrected chi connectivity index (χ4v) is 18.6. The SMILES string of the molecule is COC(=O)[C@]1(C)CCCC(Nc2nc(-c3c[nH]c4ncc(Cl)cc34)ncc2F)C1.COC(=O)[C@]1(C)CCCC(Nc2nc(-c3cn(S(=O)(=O)c4ccc(C)cc4)c4ncc(Cl)cc34)ncc2F)C1.C[C@@]1(C(=O)O)CCCC(Nc2nc(-c3c[nH]c4ncc(Cl)cc34)ncc2F)C1.C[C@@]1(C(N)=O)CCCC(Nc2nc(-c3c[nH]c4ncc(Cl)cc34)ncc2F)C1. The number of aryl methyl sites for hydroxylation is 1. The molecular formula is C85H87Cl4F4N21O9S. The monoisotopic (exact) mass is 1790 g/mol. The molecule has 0 spiro atoms. The predicted octanol–water partition coefficient (Wildman–Crippen LogP) is 17.6. The van der Waals surface area contributed by atoms with Crippen LogP contribution < -0.4 is 27.0 Å². The third kappa shape index (κ3) is 19.3. The zero-order valence-corrected chi connectivity index (χ0v) is 72.0. The average molecular weight is 1800 g/mol. The fraction of sp³-hybridized carbons (Fsp3) is 0.365. The van der Waals surface area contributed by atoms with Crippen LogP contribution in [0.4, 0.5) is 40.8 Å². The lowest BCUT2D eigenvalue weighted by atomic mass is 9.73. The van der Waals surface area contributed by atoms with Crippen molar-refractivity contribution >= 4 is 148 Å². The van der Waals surface area contributed by atoms with Crippen molar-refractivity contribution in [1.29, 1.82) is 0 Å². The molecule has 0 saturated heterocycles. The van der Waals surface area contributed by atoms with Gasteiger partial charge in [-0.3, -0.25) is 19.2 Å². The van der Waals surface area contributed by atoms with E-state index >= 15 is 0 Å². The van der Waals surface area contributed by atoms with Crippen LogP contribution >= 0.6 is 46.4 Å². The van der Waals surface area contributed by atoms with Gasteiger partial charge in [0, 0.05) is 123 Å². The number of nitrogens with two attached hydrogens (primary N) is 1. The number of nitrogens with one attached hydrogen (secondary N) is 7. The molecule has 4 fully saturated rings. The Labute approximate surface area is 728 Å². The number of nitrogens with zero attached hydrogens (tertiary/aromatic N) is 13. The molecule has 10 N–H and O–H groups in total. The summed E-state index contributed by atoms with van der Waals surface area (Å²) >= 11 is 24.4. The molecular weight excluding hydrogens is 1710 g/mol. The van der Waals surface area contributed by atoms with Crippen LogP contribution in [0.5, 0.6) is 0 Å². The average Bonchev–Trinajstić information content (AvgIpc) is 1.59. The molecule has 30 nitrogen and oxygen atoms in total. The zero-order chi connectivity index (χ0) is 88.3. The van der Waals surface area contributed by atoms with Gasteiger partial charge in [-0.05, 0) is 141 Å². The first-order valence-electron chi connectivity index (χ1n) is 39.9. The number of benzene rings is 1. The number of methoxy groups -OCH3 is 2. The number of carbonyl (C=O) groups excluding carboxylic acids is 3. The van der Waals surface area contributed by atoms with Crippen molar-refractivity contribution in [3.8, 4) is 45.6 Å². The largest absolute Gasteiger partial charge is 0.481 e. The standard InChI is InChI=1S/C27H27ClFN5O4S.C20H21ClFN5O2.C19H20ClFN6O.C19H19ClFN5O2/c1-16-6-8-19(9-7-16)39(36,37)34-15-21(20-11-17(28)13-31-25(20)34)23-30-14-22(29)24(33-23)32-18-5-4-10-27(2,12-18)26(35)38-3;1-20(19(28)29-2)5-3-4-12(7-20)26-18-15(22)10-25-17(27-18)14-9-24-16-13(14)6-11(21)8-23-16;1-19(18(22)28)4-2-3-11(6-19)26-17-14(21)9-25-16(27-17)13-8-24-15-12(13)5-10(20)7-23-15;1-19(18(27)28)4-2-3-11(6-19)25-17-14(21)9-24-16(26-17)13-8-23-15-12(13)5-10(20)7-22-15/h6-9,11,13-15,18H,4-5,10,12H2,1-3H3,(H,30,32,33);6,8-10,12H,3-5,7H2,1-2H3,(H,23,24)(H,25,26,27);5,7-9,11H,2-4,6H2,1H3,(H2,22,28)(H,23,24)(H,25,26,27);5,7-9,11H,2-4,6H2,1H3,(H,22,23)(H,27,28)(H,24,25,26)/t18?,27-;12?,20-;2*11?,19-/m1111/s1. The number of H-pyrrole nitrogens is 3. The molecule has 4 aliphatic rings. The second-order valence-electron chi connectivity index (χ2n) is 32.6. The molecule has 12 heterocycles. The summed E-state index contributed by atoms with van der Waals surface area (Å²) in [6.45, 7) is 9.18. The van der Waals surface area contributed by atoms with Crippen molar-refractivity contribution in [3.63, 3.8) is 0 Å². The number of aromatic amines is 3. The summed E-state index contributed by atoms with van der Waals surface area (Å²) in [7, 11) is -1.27. The molecule has 13 aromatic rings. The van der Waals surface area contributed by atoms with Gasteiger partial charge in [0.05, 0.1) is 80.2 Å². The Morgan fingerprint density at radius 1 is 0.468 bits per heavy atom. The van der Waals surface area contributed by atoms with E-state index in [1.54, 1.807) is 74.3 Å². The number of esters is 2. The molecule has 4 unspecified atom stereocenters. The van der Waals surface area contributed by atoms with E-state index in [1.807, 2.05) is 27.7 Å². The van der Waals surface area contributed by atoms with Gasteiger partial charge in [-0.15, -0.1) is 0 Å². The Bertz CT molecular complexity index is 6180. The lowest BCUT2D eigenvalue weighted by Crippen LogP contribution is -2.42. The maximum Gasteiger partial charge on any atom is 0.311 e. The number of carboxylic acid groups (broad SMARTS) is 1. The van der Waals surface area contributed by atoms with Crippen LogP contribution in [0.3, 0.4) is 0 Å². The molecule has 0 radical (unpaired) electrons. The van der Waals surface area contributed by atoms with E-state index in [9.17, 15) is 50.3 Å². The summed E-state index contributed by atoms with van der Waals surface area (Å²) in [6.07, 6.45) is 27.9. The molecule has 0 aliphatic heterocycles. The highest BCUT2D eigenvalue weighted by atomic mass is 35.5. The van der Waals surface area contributed by atoms with Crippen LogP contribution in [0.2, 0.25) is 20.1 Å². The molecule has 17 rings (SSSR count). The molecule has 1 amide bonds. The summed E-state index contributed by atoms with van der Waals surface area (Å²) in [6, 6.07) is 12.7. The van der Waals surface area contributed by atoms with E-state index < -0.39 is 60.9 Å². The molecule has 4 saturated carbocycles. The van der Waals surface area contributed by atoms with Gasteiger partial charge in [0.1, 0.15) is 16.9 Å². The maximum atomic E-state index is 14.9. The number of ether oxygens (including phenoxy) is 2. The van der Waals surface area contributed by atoms with Crippen molar-refractivity contribution in [1.82, 2.24) is 78.7 Å². The topological polar surface area (TPSA) is 422 Å². The van der Waals surface area contributed by atoms with E-state index in [4.69, 9.17) is 61.6 Å². The van der Waals surface area contributed by atoms with Crippen LogP contribution in [0.1, 0.15) is 136 Å². The first-order valence-corrected chi connectivity index (χ1v) is 42.8. The van der Waals surface area contributed by atoms with Crippen molar-refractivity contribution in [2.24, 2.45) is 27.4 Å². The summed E-state index contributed by atoms with van der Waals surface area (Å²) in [5.41, 5.74) is 8.19. The molecule has 648 valence electrons. The summed E-state index contributed by atoms with van der Waals surface area (Å²) < 4.78 is 96.1. The van der Waals surface area contributed by atoms with Gasteiger partial charge in [0.15, 0.2) is 75.5 Å². The highest BCUT2D eigenvalue weighted by Gasteiger charge is 2.43. The van der Waals surface area contributed by atoms with Gasteiger partial charge in [-0.25, -0.2) is 89.8 Å². The first kappa shape index (κ1) is 88.5. The summed E-state index contributed by atoms with van der Waals surface area (Å²) in [5, 5.41) is 26.4. The van der Waals surface area contributed by atoms with Crippen molar-refractivity contribution in [3.05, 3.63) is 172 Å². The highest BCUT2D eigenvalue weighted by molar-refractivity contribution is 7.90. The number of hydrogen-bond acceptors (Lipinski definition) is 24. The molecule has 124 heavy (non-hydrogen) atoms. The van der Waals surface area contributed by atoms with E-state index in [0.717, 1.165) is 115 Å². The number of halogens is 8. The van der Waals surface area contributed by atoms with E-state index in [1.165, 1.54) is 44.9 Å².